The van der Waals surface area contributed by atoms with Crippen molar-refractivity contribution in [2.24, 2.45) is 0 Å². The zero-order valence-electron chi connectivity index (χ0n) is 13.6. The molecule has 0 radical (unpaired) electrons. The molecule has 6 nitrogen and oxygen atoms in total. The number of para-hydroxylation sites is 1. The Morgan fingerprint density at radius 2 is 2.04 bits per heavy atom. The van der Waals surface area contributed by atoms with Gasteiger partial charge in [0, 0.05) is 44.2 Å². The third-order valence-corrected chi connectivity index (χ3v) is 4.99. The number of benzene rings is 1. The van der Waals surface area contributed by atoms with E-state index in [0.29, 0.717) is 12.5 Å². The third kappa shape index (κ3) is 3.41. The number of piperazine rings is 1. The number of amides is 1. The quantitative estimate of drug-likeness (QED) is 0.904. The number of nitrogens with one attached hydrogen (secondary N) is 1. The molecule has 2 aliphatic rings. The lowest BCUT2D eigenvalue weighted by molar-refractivity contribution is -0.132. The maximum atomic E-state index is 12.6. The van der Waals surface area contributed by atoms with Crippen LogP contribution in [0.2, 0.25) is 0 Å². The van der Waals surface area contributed by atoms with E-state index in [-0.39, 0.29) is 18.3 Å². The van der Waals surface area contributed by atoms with Crippen LogP contribution in [0.1, 0.15) is 12.1 Å². The van der Waals surface area contributed by atoms with Gasteiger partial charge >= 0.3 is 0 Å². The predicted octanol–water partition coefficient (Wildman–Crippen LogP) is 1.30. The lowest BCUT2D eigenvalue weighted by Crippen LogP contribution is -2.52. The van der Waals surface area contributed by atoms with Gasteiger partial charge in [-0.1, -0.05) is 17.3 Å². The molecule has 2 aromatic rings. The molecule has 2 fully saturated rings. The Morgan fingerprint density at radius 3 is 2.79 bits per heavy atom. The Hall–Kier alpha value is -1.63. The molecule has 24 heavy (non-hydrogen) atoms. The number of hydrogen-bond donors (Lipinski definition) is 1. The SMILES string of the molecule is Cl.O=C(Cc1noc2ccccc12)N1CCN(C2CCNC2)CC1. The molecule has 1 unspecified atom stereocenters. The third-order valence-electron chi connectivity index (χ3n) is 4.99. The Kier molecular flexibility index (Phi) is 5.38. The monoisotopic (exact) mass is 350 g/mol. The summed E-state index contributed by atoms with van der Waals surface area (Å²) in [5.41, 5.74) is 1.49. The summed E-state index contributed by atoms with van der Waals surface area (Å²) in [6.07, 6.45) is 1.54. The van der Waals surface area contributed by atoms with E-state index in [2.05, 4.69) is 15.4 Å². The summed E-state index contributed by atoms with van der Waals surface area (Å²) >= 11 is 0. The van der Waals surface area contributed by atoms with E-state index in [1.165, 1.54) is 6.42 Å². The molecule has 4 rings (SSSR count). The second kappa shape index (κ2) is 7.51. The molecule has 2 saturated heterocycles. The van der Waals surface area contributed by atoms with Crippen molar-refractivity contribution in [3.63, 3.8) is 0 Å². The minimum absolute atomic E-state index is 0. The number of fused-ring (bicyclic) bond motifs is 1. The Labute approximate surface area is 147 Å². The van der Waals surface area contributed by atoms with E-state index < -0.39 is 0 Å². The molecular weight excluding hydrogens is 328 g/mol. The van der Waals surface area contributed by atoms with Gasteiger partial charge in [0.2, 0.25) is 5.91 Å². The fourth-order valence-electron chi connectivity index (χ4n) is 3.61. The number of halogens is 1. The molecule has 1 N–H and O–H groups in total. The van der Waals surface area contributed by atoms with E-state index in [1.807, 2.05) is 29.2 Å². The molecule has 1 amide bonds. The van der Waals surface area contributed by atoms with Crippen LogP contribution in [0.3, 0.4) is 0 Å². The summed E-state index contributed by atoms with van der Waals surface area (Å²) in [4.78, 5) is 17.0. The molecule has 7 heteroatoms. The first-order valence-electron chi connectivity index (χ1n) is 8.37. The zero-order valence-corrected chi connectivity index (χ0v) is 14.4. The van der Waals surface area contributed by atoms with Crippen molar-refractivity contribution < 1.29 is 9.32 Å². The summed E-state index contributed by atoms with van der Waals surface area (Å²) in [7, 11) is 0. The van der Waals surface area contributed by atoms with Gasteiger partial charge in [0.1, 0.15) is 5.69 Å². The van der Waals surface area contributed by atoms with Crippen LogP contribution in [0.5, 0.6) is 0 Å². The molecule has 130 valence electrons. The van der Waals surface area contributed by atoms with Crippen molar-refractivity contribution in [3.8, 4) is 0 Å². The normalized spacial score (nSPS) is 21.8. The van der Waals surface area contributed by atoms with E-state index in [4.69, 9.17) is 4.52 Å². The summed E-state index contributed by atoms with van der Waals surface area (Å²) < 4.78 is 5.29. The van der Waals surface area contributed by atoms with Crippen molar-refractivity contribution in [2.45, 2.75) is 18.9 Å². The van der Waals surface area contributed by atoms with Crippen molar-refractivity contribution in [2.75, 3.05) is 39.3 Å². The van der Waals surface area contributed by atoms with E-state index >= 15 is 0 Å². The minimum atomic E-state index is 0. The van der Waals surface area contributed by atoms with Gasteiger partial charge in [0.25, 0.3) is 0 Å². The second-order valence-corrected chi connectivity index (χ2v) is 6.37. The molecule has 3 heterocycles. The molecule has 0 bridgehead atoms. The summed E-state index contributed by atoms with van der Waals surface area (Å²) in [6.45, 7) is 5.76. The van der Waals surface area contributed by atoms with Gasteiger partial charge in [-0.2, -0.15) is 0 Å². The van der Waals surface area contributed by atoms with Gasteiger partial charge in [-0.25, -0.2) is 0 Å². The standard InChI is InChI=1S/C17H22N4O2.ClH/c22-17(11-15-14-3-1-2-4-16(14)23-19-15)21-9-7-20(8-10-21)13-5-6-18-12-13;/h1-4,13,18H,5-12H2;1H. The predicted molar refractivity (Wildman–Crippen MR) is 94.4 cm³/mol. The maximum absolute atomic E-state index is 12.6. The first kappa shape index (κ1) is 17.2. The molecule has 1 aromatic heterocycles. The van der Waals surface area contributed by atoms with Crippen LogP contribution in [0.15, 0.2) is 28.8 Å². The number of carbonyl (C=O) groups excluding carboxylic acids is 1. The molecule has 0 saturated carbocycles. The van der Waals surface area contributed by atoms with Crippen molar-refractivity contribution >= 4 is 29.3 Å². The van der Waals surface area contributed by atoms with E-state index in [1.54, 1.807) is 0 Å². The fraction of sp³-hybridized carbons (Fsp3) is 0.529. The van der Waals surface area contributed by atoms with Gasteiger partial charge in [0.05, 0.1) is 6.42 Å². The highest BCUT2D eigenvalue weighted by Crippen LogP contribution is 2.19. The van der Waals surface area contributed by atoms with E-state index in [9.17, 15) is 4.79 Å². The van der Waals surface area contributed by atoms with Crippen LogP contribution in [-0.4, -0.2) is 66.2 Å². The van der Waals surface area contributed by atoms with Crippen molar-refractivity contribution in [1.29, 1.82) is 0 Å². The molecule has 1 aromatic carbocycles. The average Bonchev–Trinajstić information content (AvgIpc) is 3.25. The molecular formula is C17H23ClN4O2. The maximum Gasteiger partial charge on any atom is 0.228 e. The highest BCUT2D eigenvalue weighted by Gasteiger charge is 2.28. The average molecular weight is 351 g/mol. The second-order valence-electron chi connectivity index (χ2n) is 6.37. The topological polar surface area (TPSA) is 61.6 Å². The lowest BCUT2D eigenvalue weighted by atomic mass is 10.1. The number of aromatic nitrogens is 1. The van der Waals surface area contributed by atoms with E-state index in [0.717, 1.165) is 55.9 Å². The fourth-order valence-corrected chi connectivity index (χ4v) is 3.61. The van der Waals surface area contributed by atoms with Gasteiger partial charge in [0.15, 0.2) is 5.58 Å². The Morgan fingerprint density at radius 1 is 1.25 bits per heavy atom. The van der Waals surface area contributed by atoms with Crippen LogP contribution in [-0.2, 0) is 11.2 Å². The minimum Gasteiger partial charge on any atom is -0.356 e. The van der Waals surface area contributed by atoms with Crippen molar-refractivity contribution in [1.82, 2.24) is 20.3 Å². The summed E-state index contributed by atoms with van der Waals surface area (Å²) in [5, 5.41) is 8.42. The van der Waals surface area contributed by atoms with Crippen LogP contribution in [0.4, 0.5) is 0 Å². The van der Waals surface area contributed by atoms with Crippen molar-refractivity contribution in [3.05, 3.63) is 30.0 Å². The van der Waals surface area contributed by atoms with Gasteiger partial charge < -0.3 is 14.7 Å². The summed E-state index contributed by atoms with van der Waals surface area (Å²) in [6, 6.07) is 8.34. The zero-order chi connectivity index (χ0) is 15.6. The summed E-state index contributed by atoms with van der Waals surface area (Å²) in [5.74, 6) is 0.147. The highest BCUT2D eigenvalue weighted by molar-refractivity contribution is 5.86. The smallest absolute Gasteiger partial charge is 0.228 e. The first-order chi connectivity index (χ1) is 11.3. The molecule has 0 aliphatic carbocycles. The number of hydrogen-bond acceptors (Lipinski definition) is 5. The largest absolute Gasteiger partial charge is 0.356 e. The molecule has 2 aliphatic heterocycles. The molecule has 0 spiro atoms. The first-order valence-corrected chi connectivity index (χ1v) is 8.37. The van der Waals surface area contributed by atoms with Gasteiger partial charge in [-0.3, -0.25) is 9.69 Å². The molecule has 1 atom stereocenters. The Bertz CT molecular complexity index is 691. The van der Waals surface area contributed by atoms with Crippen LogP contribution >= 0.6 is 12.4 Å². The Balaban J connectivity index is 0.00000169. The van der Waals surface area contributed by atoms with Crippen LogP contribution in [0, 0.1) is 0 Å². The lowest BCUT2D eigenvalue weighted by Gasteiger charge is -2.37. The number of nitrogens with zero attached hydrogens (tertiary/aromatic N) is 3. The van der Waals surface area contributed by atoms with Gasteiger partial charge in [-0.05, 0) is 25.1 Å². The number of rotatable bonds is 3. The van der Waals surface area contributed by atoms with Crippen LogP contribution < -0.4 is 5.32 Å². The highest BCUT2D eigenvalue weighted by atomic mass is 35.5. The number of carbonyl (C=O) groups is 1. The van der Waals surface area contributed by atoms with Gasteiger partial charge in [-0.15, -0.1) is 12.4 Å². The van der Waals surface area contributed by atoms with Crippen LogP contribution in [0.25, 0.3) is 11.0 Å².